The summed E-state index contributed by atoms with van der Waals surface area (Å²) in [6.07, 6.45) is 2.20. The fourth-order valence-electron chi connectivity index (χ4n) is 1.15. The number of rotatable bonds is 0. The minimum atomic E-state index is 0.560. The maximum atomic E-state index is 5.72. The van der Waals surface area contributed by atoms with Gasteiger partial charge in [0.2, 0.25) is 0 Å². The Morgan fingerprint density at radius 3 is 2.11 bits per heavy atom. The molecule has 0 aromatic heterocycles. The third-order valence-corrected chi connectivity index (χ3v) is 2.03. The van der Waals surface area contributed by atoms with Crippen molar-refractivity contribution in [3.05, 3.63) is 22.9 Å². The molecule has 9 heavy (non-hydrogen) atoms. The number of nitrogens with two attached hydrogens (primary N) is 1. The van der Waals surface area contributed by atoms with E-state index in [2.05, 4.69) is 26.8 Å². The van der Waals surface area contributed by atoms with Crippen LogP contribution < -0.4 is 5.73 Å². The Bertz CT molecular complexity index is 187. The van der Waals surface area contributed by atoms with Crippen molar-refractivity contribution in [3.8, 4) is 0 Å². The molecule has 1 aliphatic rings. The highest BCUT2D eigenvalue weighted by Gasteiger charge is 2.13. The predicted octanol–water partition coefficient (Wildman–Crippen LogP) is 1.82. The van der Waals surface area contributed by atoms with Crippen LogP contribution in [0.5, 0.6) is 0 Å². The molecule has 0 aromatic carbocycles. The second kappa shape index (κ2) is 1.90. The molecule has 1 rings (SSSR count). The van der Waals surface area contributed by atoms with Crippen LogP contribution in [-0.4, -0.2) is 0 Å². The minimum absolute atomic E-state index is 0.560. The largest absolute Gasteiger partial charge is 0.399 e. The van der Waals surface area contributed by atoms with Crippen LogP contribution in [0.15, 0.2) is 22.9 Å². The van der Waals surface area contributed by atoms with Crippen molar-refractivity contribution in [2.75, 3.05) is 0 Å². The average molecular weight is 123 g/mol. The highest BCUT2D eigenvalue weighted by atomic mass is 14.6. The van der Waals surface area contributed by atoms with Gasteiger partial charge in [0.15, 0.2) is 0 Å². The molecule has 1 nitrogen and oxygen atoms in total. The molecule has 0 aromatic rings. The maximum absolute atomic E-state index is 5.72. The van der Waals surface area contributed by atoms with Crippen molar-refractivity contribution in [1.29, 1.82) is 0 Å². The van der Waals surface area contributed by atoms with Crippen molar-refractivity contribution in [2.45, 2.75) is 20.8 Å². The smallest absolute Gasteiger partial charge is 0.0335 e. The molecule has 0 saturated heterocycles. The van der Waals surface area contributed by atoms with Gasteiger partial charge in [-0.2, -0.15) is 0 Å². The van der Waals surface area contributed by atoms with Crippen LogP contribution in [0.2, 0.25) is 0 Å². The monoisotopic (exact) mass is 123 g/mol. The highest BCUT2D eigenvalue weighted by Crippen LogP contribution is 2.26. The second-order valence-corrected chi connectivity index (χ2v) is 2.74. The van der Waals surface area contributed by atoms with E-state index in [1.165, 1.54) is 11.1 Å². The summed E-state index contributed by atoms with van der Waals surface area (Å²) in [5, 5.41) is 0. The Balaban J connectivity index is 2.97. The predicted molar refractivity (Wildman–Crippen MR) is 39.8 cm³/mol. The van der Waals surface area contributed by atoms with Crippen LogP contribution in [0.4, 0.5) is 0 Å². The quantitative estimate of drug-likeness (QED) is 0.522. The summed E-state index contributed by atoms with van der Waals surface area (Å²) in [5.74, 6) is 0.560. The first kappa shape index (κ1) is 6.40. The Morgan fingerprint density at radius 2 is 2.00 bits per heavy atom. The fourth-order valence-corrected chi connectivity index (χ4v) is 1.15. The van der Waals surface area contributed by atoms with Crippen LogP contribution in [0.1, 0.15) is 20.8 Å². The van der Waals surface area contributed by atoms with E-state index in [1.54, 1.807) is 0 Å². The van der Waals surface area contributed by atoms with Crippen LogP contribution in [-0.2, 0) is 0 Å². The zero-order valence-electron chi connectivity index (χ0n) is 6.23. The summed E-state index contributed by atoms with van der Waals surface area (Å²) in [7, 11) is 0. The Labute approximate surface area is 56.2 Å². The minimum Gasteiger partial charge on any atom is -0.399 e. The molecule has 0 heterocycles. The number of hydrogen-bond acceptors (Lipinski definition) is 1. The van der Waals surface area contributed by atoms with E-state index >= 15 is 0 Å². The zero-order chi connectivity index (χ0) is 7.02. The van der Waals surface area contributed by atoms with Crippen molar-refractivity contribution in [1.82, 2.24) is 0 Å². The number of allylic oxidation sites excluding steroid dienone is 3. The molecule has 0 fully saturated rings. The molecule has 1 unspecified atom stereocenters. The molecule has 1 atom stereocenters. The lowest BCUT2D eigenvalue weighted by Crippen LogP contribution is -1.98. The molecule has 0 aliphatic heterocycles. The molecule has 0 bridgehead atoms. The summed E-state index contributed by atoms with van der Waals surface area (Å²) in [4.78, 5) is 0. The summed E-state index contributed by atoms with van der Waals surface area (Å²) < 4.78 is 0. The Morgan fingerprint density at radius 1 is 1.44 bits per heavy atom. The van der Waals surface area contributed by atoms with Gasteiger partial charge in [-0.05, 0) is 30.9 Å². The van der Waals surface area contributed by atoms with Gasteiger partial charge >= 0.3 is 0 Å². The summed E-state index contributed by atoms with van der Waals surface area (Å²) in [6, 6.07) is 0. The van der Waals surface area contributed by atoms with Gasteiger partial charge in [-0.3, -0.25) is 0 Å². The SMILES string of the molecule is CC1=CC(C)C(C)=C1N. The van der Waals surface area contributed by atoms with E-state index in [-0.39, 0.29) is 0 Å². The normalized spacial score (nSPS) is 27.0. The van der Waals surface area contributed by atoms with Gasteiger partial charge in [0.1, 0.15) is 0 Å². The summed E-state index contributed by atoms with van der Waals surface area (Å²) in [6.45, 7) is 6.31. The highest BCUT2D eigenvalue weighted by molar-refractivity contribution is 5.39. The molecule has 0 amide bonds. The van der Waals surface area contributed by atoms with Gasteiger partial charge in [0, 0.05) is 5.70 Å². The third-order valence-electron chi connectivity index (χ3n) is 2.03. The topological polar surface area (TPSA) is 26.0 Å². The fraction of sp³-hybridized carbons (Fsp3) is 0.500. The first-order chi connectivity index (χ1) is 4.13. The van der Waals surface area contributed by atoms with Crippen LogP contribution in [0.3, 0.4) is 0 Å². The Kier molecular flexibility index (Phi) is 1.35. The van der Waals surface area contributed by atoms with Gasteiger partial charge in [-0.25, -0.2) is 0 Å². The molecule has 0 spiro atoms. The van der Waals surface area contributed by atoms with Crippen molar-refractivity contribution < 1.29 is 0 Å². The molecule has 0 saturated carbocycles. The summed E-state index contributed by atoms with van der Waals surface area (Å²) >= 11 is 0. The van der Waals surface area contributed by atoms with Crippen molar-refractivity contribution >= 4 is 0 Å². The maximum Gasteiger partial charge on any atom is 0.0335 e. The second-order valence-electron chi connectivity index (χ2n) is 2.74. The first-order valence-electron chi connectivity index (χ1n) is 3.28. The lowest BCUT2D eigenvalue weighted by Gasteiger charge is -2.00. The average Bonchev–Trinajstić information content (AvgIpc) is 1.98. The van der Waals surface area contributed by atoms with Crippen LogP contribution in [0.25, 0.3) is 0 Å². The van der Waals surface area contributed by atoms with Gasteiger partial charge < -0.3 is 5.73 Å². The van der Waals surface area contributed by atoms with E-state index in [0.717, 1.165) is 5.70 Å². The third kappa shape index (κ3) is 0.869. The van der Waals surface area contributed by atoms with Gasteiger partial charge in [-0.15, -0.1) is 0 Å². The van der Waals surface area contributed by atoms with E-state index in [4.69, 9.17) is 5.73 Å². The zero-order valence-corrected chi connectivity index (χ0v) is 6.23. The lowest BCUT2D eigenvalue weighted by molar-refractivity contribution is 0.873. The van der Waals surface area contributed by atoms with Crippen molar-refractivity contribution in [3.63, 3.8) is 0 Å². The molecule has 1 aliphatic carbocycles. The van der Waals surface area contributed by atoms with Crippen molar-refractivity contribution in [2.24, 2.45) is 11.7 Å². The summed E-state index contributed by atoms with van der Waals surface area (Å²) in [5.41, 5.74) is 9.26. The molecule has 50 valence electrons. The lowest BCUT2D eigenvalue weighted by atomic mass is 10.1. The van der Waals surface area contributed by atoms with Gasteiger partial charge in [0.05, 0.1) is 0 Å². The van der Waals surface area contributed by atoms with E-state index in [1.807, 2.05) is 0 Å². The van der Waals surface area contributed by atoms with E-state index < -0.39 is 0 Å². The molecule has 0 radical (unpaired) electrons. The van der Waals surface area contributed by atoms with Crippen LogP contribution in [0, 0.1) is 5.92 Å². The standard InChI is InChI=1S/C8H13N/c1-5-4-6(2)8(9)7(5)3/h4-5H,9H2,1-3H3. The first-order valence-corrected chi connectivity index (χ1v) is 3.28. The van der Waals surface area contributed by atoms with Gasteiger partial charge in [0.25, 0.3) is 0 Å². The molecular formula is C8H13N. The van der Waals surface area contributed by atoms with E-state index in [0.29, 0.717) is 5.92 Å². The van der Waals surface area contributed by atoms with Gasteiger partial charge in [-0.1, -0.05) is 13.0 Å². The molecule has 2 N–H and O–H groups in total. The molecule has 1 heteroatoms. The van der Waals surface area contributed by atoms with E-state index in [9.17, 15) is 0 Å². The Hall–Kier alpha value is -0.720. The number of hydrogen-bond donors (Lipinski definition) is 1. The van der Waals surface area contributed by atoms with Crippen LogP contribution >= 0.6 is 0 Å². The molecular weight excluding hydrogens is 110 g/mol.